The van der Waals surface area contributed by atoms with Crippen LogP contribution in [0, 0.1) is 0 Å². The second-order valence-corrected chi connectivity index (χ2v) is 5.02. The third-order valence-corrected chi connectivity index (χ3v) is 3.24. The first-order chi connectivity index (χ1) is 10.4. The van der Waals surface area contributed by atoms with E-state index in [-0.39, 0.29) is 12.0 Å². The fraction of sp³-hybridized carbons (Fsp3) is 0.286. The molecule has 0 fully saturated rings. The molecule has 0 aliphatic carbocycles. The summed E-state index contributed by atoms with van der Waals surface area (Å²) in [6.07, 6.45) is -2.24. The molecule has 5 nitrogen and oxygen atoms in total. The lowest BCUT2D eigenvalue weighted by molar-refractivity contribution is -0.138. The van der Waals surface area contributed by atoms with Crippen molar-refractivity contribution in [3.63, 3.8) is 0 Å². The first-order valence-corrected chi connectivity index (χ1v) is 6.59. The topological polar surface area (TPSA) is 73.1 Å². The van der Waals surface area contributed by atoms with Gasteiger partial charge in [0.05, 0.1) is 5.56 Å². The predicted molar refractivity (Wildman–Crippen MR) is 73.9 cm³/mol. The maximum absolute atomic E-state index is 12.4. The standard InChI is InChI=1S/C14H13F3N4O/c15-14(16,17)9-5-19-13(20-6-9)21-11-2-1-8-3-10(18)7-22-12(8)4-11/h1-2,4-6,10H,3,7,18H2,(H,19,20,21). The molecule has 2 aromatic rings. The van der Waals surface area contributed by atoms with Crippen LogP contribution in [0.15, 0.2) is 30.6 Å². The molecule has 2 heterocycles. The molecule has 22 heavy (non-hydrogen) atoms. The van der Waals surface area contributed by atoms with Gasteiger partial charge < -0.3 is 15.8 Å². The van der Waals surface area contributed by atoms with E-state index in [2.05, 4.69) is 15.3 Å². The van der Waals surface area contributed by atoms with E-state index in [0.29, 0.717) is 18.0 Å². The van der Waals surface area contributed by atoms with E-state index in [1.54, 1.807) is 12.1 Å². The summed E-state index contributed by atoms with van der Waals surface area (Å²) >= 11 is 0. The Hall–Kier alpha value is -2.35. The summed E-state index contributed by atoms with van der Waals surface area (Å²) < 4.78 is 42.8. The summed E-state index contributed by atoms with van der Waals surface area (Å²) in [5, 5.41) is 2.84. The Morgan fingerprint density at radius 3 is 2.64 bits per heavy atom. The van der Waals surface area contributed by atoms with Crippen LogP contribution in [0.3, 0.4) is 0 Å². The van der Waals surface area contributed by atoms with Crippen molar-refractivity contribution in [2.45, 2.75) is 18.6 Å². The smallest absolute Gasteiger partial charge is 0.419 e. The van der Waals surface area contributed by atoms with Crippen LogP contribution in [-0.2, 0) is 12.6 Å². The number of hydrogen-bond acceptors (Lipinski definition) is 5. The molecule has 116 valence electrons. The van der Waals surface area contributed by atoms with Crippen molar-refractivity contribution in [3.8, 4) is 5.75 Å². The van der Waals surface area contributed by atoms with Gasteiger partial charge in [-0.1, -0.05) is 6.07 Å². The van der Waals surface area contributed by atoms with Gasteiger partial charge in [-0.15, -0.1) is 0 Å². The Morgan fingerprint density at radius 1 is 1.23 bits per heavy atom. The number of nitrogens with zero attached hydrogens (tertiary/aromatic N) is 2. The van der Waals surface area contributed by atoms with E-state index < -0.39 is 11.7 Å². The van der Waals surface area contributed by atoms with E-state index in [1.165, 1.54) is 0 Å². The lowest BCUT2D eigenvalue weighted by Crippen LogP contribution is -2.33. The summed E-state index contributed by atoms with van der Waals surface area (Å²) in [6, 6.07) is 5.37. The minimum Gasteiger partial charge on any atom is -0.492 e. The Labute approximate surface area is 124 Å². The predicted octanol–water partition coefficient (Wildman–Crippen LogP) is 2.50. The number of benzene rings is 1. The molecule has 1 aromatic heterocycles. The van der Waals surface area contributed by atoms with Crippen molar-refractivity contribution in [2.24, 2.45) is 5.73 Å². The number of anilines is 2. The van der Waals surface area contributed by atoms with Gasteiger partial charge in [-0.3, -0.25) is 0 Å². The number of alkyl halides is 3. The summed E-state index contributed by atoms with van der Waals surface area (Å²) in [4.78, 5) is 7.32. The van der Waals surface area contributed by atoms with Crippen LogP contribution in [0.5, 0.6) is 5.75 Å². The van der Waals surface area contributed by atoms with E-state index >= 15 is 0 Å². The molecule has 0 bridgehead atoms. The molecule has 1 aliphatic rings. The molecule has 0 radical (unpaired) electrons. The van der Waals surface area contributed by atoms with Crippen molar-refractivity contribution in [1.82, 2.24) is 9.97 Å². The average Bonchev–Trinajstić information content (AvgIpc) is 2.47. The molecule has 8 heteroatoms. The fourth-order valence-corrected chi connectivity index (χ4v) is 2.14. The van der Waals surface area contributed by atoms with Gasteiger partial charge in [-0.2, -0.15) is 13.2 Å². The van der Waals surface area contributed by atoms with Crippen LogP contribution in [0.25, 0.3) is 0 Å². The lowest BCUT2D eigenvalue weighted by Gasteiger charge is -2.22. The Balaban J connectivity index is 1.76. The minimum absolute atomic E-state index is 0.0236. The number of nitrogens with one attached hydrogen (secondary N) is 1. The number of aromatic nitrogens is 2. The van der Waals surface area contributed by atoms with E-state index in [4.69, 9.17) is 10.5 Å². The highest BCUT2D eigenvalue weighted by atomic mass is 19.4. The van der Waals surface area contributed by atoms with Crippen LogP contribution >= 0.6 is 0 Å². The maximum atomic E-state index is 12.4. The minimum atomic E-state index is -4.45. The molecule has 1 aromatic carbocycles. The lowest BCUT2D eigenvalue weighted by atomic mass is 10.0. The summed E-state index contributed by atoms with van der Waals surface area (Å²) in [6.45, 7) is 0.438. The number of ether oxygens (including phenoxy) is 1. The zero-order valence-electron chi connectivity index (χ0n) is 11.4. The van der Waals surface area contributed by atoms with E-state index in [0.717, 1.165) is 24.4 Å². The summed E-state index contributed by atoms with van der Waals surface area (Å²) in [5.41, 5.74) is 6.55. The Morgan fingerprint density at radius 2 is 1.95 bits per heavy atom. The van der Waals surface area contributed by atoms with Gasteiger partial charge in [-0.25, -0.2) is 9.97 Å². The fourth-order valence-electron chi connectivity index (χ4n) is 2.14. The molecule has 1 unspecified atom stereocenters. The van der Waals surface area contributed by atoms with Gasteiger partial charge in [0, 0.05) is 30.2 Å². The molecular weight excluding hydrogens is 297 g/mol. The van der Waals surface area contributed by atoms with Crippen LogP contribution in [0.4, 0.5) is 24.8 Å². The van der Waals surface area contributed by atoms with E-state index in [9.17, 15) is 13.2 Å². The van der Waals surface area contributed by atoms with Gasteiger partial charge in [0.2, 0.25) is 5.95 Å². The molecule has 3 rings (SSSR count). The molecular formula is C14H13F3N4O. The highest BCUT2D eigenvalue weighted by Crippen LogP contribution is 2.30. The van der Waals surface area contributed by atoms with Crippen molar-refractivity contribution in [1.29, 1.82) is 0 Å². The normalized spacial score (nSPS) is 17.5. The van der Waals surface area contributed by atoms with Gasteiger partial charge >= 0.3 is 6.18 Å². The second kappa shape index (κ2) is 5.45. The van der Waals surface area contributed by atoms with Crippen LogP contribution in [0.2, 0.25) is 0 Å². The monoisotopic (exact) mass is 310 g/mol. The van der Waals surface area contributed by atoms with Gasteiger partial charge in [0.25, 0.3) is 0 Å². The molecule has 3 N–H and O–H groups in total. The Kier molecular flexibility index (Phi) is 3.61. The molecule has 0 saturated heterocycles. The van der Waals surface area contributed by atoms with Gasteiger partial charge in [0.15, 0.2) is 0 Å². The molecule has 1 atom stereocenters. The Bertz CT molecular complexity index is 673. The van der Waals surface area contributed by atoms with Gasteiger partial charge in [-0.05, 0) is 18.1 Å². The second-order valence-electron chi connectivity index (χ2n) is 5.02. The van der Waals surface area contributed by atoms with Crippen molar-refractivity contribution < 1.29 is 17.9 Å². The number of rotatable bonds is 2. The third-order valence-electron chi connectivity index (χ3n) is 3.24. The zero-order chi connectivity index (χ0) is 15.7. The largest absolute Gasteiger partial charge is 0.492 e. The van der Waals surface area contributed by atoms with Crippen molar-refractivity contribution >= 4 is 11.6 Å². The van der Waals surface area contributed by atoms with Gasteiger partial charge in [0.1, 0.15) is 12.4 Å². The number of nitrogens with two attached hydrogens (primary N) is 1. The zero-order valence-corrected chi connectivity index (χ0v) is 11.4. The molecule has 0 amide bonds. The quantitative estimate of drug-likeness (QED) is 0.891. The van der Waals surface area contributed by atoms with Crippen molar-refractivity contribution in [3.05, 3.63) is 41.7 Å². The van der Waals surface area contributed by atoms with Crippen LogP contribution in [-0.4, -0.2) is 22.6 Å². The molecule has 0 saturated carbocycles. The first-order valence-electron chi connectivity index (χ1n) is 6.59. The van der Waals surface area contributed by atoms with Crippen LogP contribution in [0.1, 0.15) is 11.1 Å². The van der Waals surface area contributed by atoms with E-state index in [1.807, 2.05) is 6.07 Å². The average molecular weight is 310 g/mol. The summed E-state index contributed by atoms with van der Waals surface area (Å²) in [5.74, 6) is 0.791. The number of halogens is 3. The SMILES string of the molecule is NC1COc2cc(Nc3ncc(C(F)(F)F)cn3)ccc2C1. The molecule has 1 aliphatic heterocycles. The number of fused-ring (bicyclic) bond motifs is 1. The third kappa shape index (κ3) is 3.11. The maximum Gasteiger partial charge on any atom is 0.419 e. The number of hydrogen-bond donors (Lipinski definition) is 2. The van der Waals surface area contributed by atoms with Crippen LogP contribution < -0.4 is 15.8 Å². The first kappa shape index (κ1) is 14.6. The highest BCUT2D eigenvalue weighted by molar-refractivity contribution is 5.58. The summed E-state index contributed by atoms with van der Waals surface area (Å²) in [7, 11) is 0. The molecule has 0 spiro atoms. The highest BCUT2D eigenvalue weighted by Gasteiger charge is 2.31. The van der Waals surface area contributed by atoms with Crippen molar-refractivity contribution in [2.75, 3.05) is 11.9 Å².